The Hall–Kier alpha value is -1.80. The molecule has 6 nitrogen and oxygen atoms in total. The zero-order valence-corrected chi connectivity index (χ0v) is 16.2. The lowest BCUT2D eigenvalue weighted by Gasteiger charge is -2.06. The molecule has 0 aliphatic carbocycles. The molecule has 0 fully saturated rings. The molecule has 0 saturated heterocycles. The van der Waals surface area contributed by atoms with Crippen molar-refractivity contribution in [2.24, 2.45) is 0 Å². The van der Waals surface area contributed by atoms with Crippen LogP contribution in [-0.4, -0.2) is 43.6 Å². The number of nitrogens with zero attached hydrogens (tertiary/aromatic N) is 3. The van der Waals surface area contributed by atoms with Crippen molar-refractivity contribution in [1.82, 2.24) is 19.9 Å². The highest BCUT2D eigenvalue weighted by Crippen LogP contribution is 2.24. The van der Waals surface area contributed by atoms with Gasteiger partial charge in [-0.3, -0.25) is 4.79 Å². The highest BCUT2D eigenvalue weighted by Gasteiger charge is 2.14. The molecular weight excluding hydrogens is 395 g/mol. The molecule has 1 aromatic carbocycles. The highest BCUT2D eigenvalue weighted by atomic mass is 35.5. The first-order valence-electron chi connectivity index (χ1n) is 7.78. The van der Waals surface area contributed by atoms with E-state index in [1.807, 2.05) is 18.3 Å². The van der Waals surface area contributed by atoms with Crippen molar-refractivity contribution in [1.29, 1.82) is 0 Å². The lowest BCUT2D eigenvalue weighted by atomic mass is 10.1. The van der Waals surface area contributed by atoms with Gasteiger partial charge < -0.3 is 9.87 Å². The van der Waals surface area contributed by atoms with E-state index < -0.39 is 11.2 Å². The van der Waals surface area contributed by atoms with E-state index in [9.17, 15) is 9.35 Å². The van der Waals surface area contributed by atoms with Gasteiger partial charge in [-0.25, -0.2) is 9.50 Å². The van der Waals surface area contributed by atoms with E-state index >= 15 is 0 Å². The zero-order chi connectivity index (χ0) is 18.7. The van der Waals surface area contributed by atoms with Crippen LogP contribution < -0.4 is 5.32 Å². The maximum Gasteiger partial charge on any atom is 0.256 e. The smallest absolute Gasteiger partial charge is 0.256 e. The lowest BCUT2D eigenvalue weighted by molar-refractivity contribution is 0.0957. The molecule has 1 N–H and O–H groups in total. The van der Waals surface area contributed by atoms with Crippen molar-refractivity contribution >= 4 is 45.9 Å². The molecule has 0 saturated carbocycles. The topological polar surface area (TPSA) is 82.3 Å². The molecule has 0 bridgehead atoms. The van der Waals surface area contributed by atoms with Crippen LogP contribution >= 0.6 is 23.2 Å². The van der Waals surface area contributed by atoms with Crippen molar-refractivity contribution in [3.05, 3.63) is 63.5 Å². The van der Waals surface area contributed by atoms with E-state index in [2.05, 4.69) is 15.4 Å². The predicted molar refractivity (Wildman–Crippen MR) is 104 cm³/mol. The lowest BCUT2D eigenvalue weighted by Crippen LogP contribution is -2.28. The minimum Gasteiger partial charge on any atom is -0.617 e. The third-order valence-corrected chi connectivity index (χ3v) is 5.24. The molecule has 2 heterocycles. The fourth-order valence-electron chi connectivity index (χ4n) is 2.45. The van der Waals surface area contributed by atoms with Crippen molar-refractivity contribution in [3.8, 4) is 0 Å². The van der Waals surface area contributed by atoms with Gasteiger partial charge in [0.25, 0.3) is 5.91 Å². The van der Waals surface area contributed by atoms with Crippen LogP contribution in [0, 0.1) is 0 Å². The van der Waals surface area contributed by atoms with Gasteiger partial charge in [0, 0.05) is 18.8 Å². The third-order valence-electron chi connectivity index (χ3n) is 3.72. The summed E-state index contributed by atoms with van der Waals surface area (Å²) in [6.07, 6.45) is 7.21. The number of fused-ring (bicyclic) bond motifs is 1. The van der Waals surface area contributed by atoms with Crippen molar-refractivity contribution < 1.29 is 9.35 Å². The van der Waals surface area contributed by atoms with Crippen LogP contribution in [0.3, 0.4) is 0 Å². The standard InChI is InChI=1S/C17H16Cl2N4O2S/c1-26(25)5-4-20-17(24)13-9-22-23-10-12(8-21-16(13)23)6-11-2-3-14(18)15(19)7-11/h2-3,7-10H,4-6H2,1H3,(H,20,24). The van der Waals surface area contributed by atoms with Gasteiger partial charge in [-0.05, 0) is 23.3 Å². The van der Waals surface area contributed by atoms with Gasteiger partial charge >= 0.3 is 0 Å². The monoisotopic (exact) mass is 410 g/mol. The van der Waals surface area contributed by atoms with E-state index in [0.29, 0.717) is 40.0 Å². The summed E-state index contributed by atoms with van der Waals surface area (Å²) in [7, 11) is 0. The highest BCUT2D eigenvalue weighted by molar-refractivity contribution is 7.90. The van der Waals surface area contributed by atoms with Gasteiger partial charge in [-0.2, -0.15) is 5.10 Å². The van der Waals surface area contributed by atoms with Crippen LogP contribution in [0.2, 0.25) is 10.0 Å². The van der Waals surface area contributed by atoms with Crippen LogP contribution in [-0.2, 0) is 17.6 Å². The molecule has 9 heteroatoms. The number of benzene rings is 1. The second-order valence-corrected chi connectivity index (χ2v) is 8.12. The Kier molecular flexibility index (Phi) is 6.03. The Bertz CT molecular complexity index is 946. The maximum atomic E-state index is 12.2. The van der Waals surface area contributed by atoms with E-state index in [-0.39, 0.29) is 5.91 Å². The molecule has 136 valence electrons. The molecule has 2 aromatic heterocycles. The number of hydrogen-bond donors (Lipinski definition) is 1. The number of carbonyl (C=O) groups excluding carboxylic acids is 1. The minimum absolute atomic E-state index is 0.282. The fourth-order valence-corrected chi connectivity index (χ4v) is 3.16. The second-order valence-electron chi connectivity index (χ2n) is 5.75. The van der Waals surface area contributed by atoms with E-state index in [1.165, 1.54) is 6.20 Å². The first-order valence-corrected chi connectivity index (χ1v) is 10.3. The van der Waals surface area contributed by atoms with Gasteiger partial charge in [0.2, 0.25) is 0 Å². The quantitative estimate of drug-likeness (QED) is 0.633. The molecule has 26 heavy (non-hydrogen) atoms. The molecule has 1 amide bonds. The van der Waals surface area contributed by atoms with Crippen LogP contribution in [0.4, 0.5) is 0 Å². The summed E-state index contributed by atoms with van der Waals surface area (Å²) < 4.78 is 12.6. The Balaban J connectivity index is 1.76. The summed E-state index contributed by atoms with van der Waals surface area (Å²) in [5.74, 6) is 0.127. The molecule has 1 unspecified atom stereocenters. The number of rotatable bonds is 6. The summed E-state index contributed by atoms with van der Waals surface area (Å²) in [5.41, 5.74) is 2.77. The summed E-state index contributed by atoms with van der Waals surface area (Å²) in [6, 6.07) is 5.47. The largest absolute Gasteiger partial charge is 0.617 e. The Labute approximate surface area is 163 Å². The normalized spacial score (nSPS) is 12.3. The molecule has 0 radical (unpaired) electrons. The Morgan fingerprint density at radius 1 is 1.27 bits per heavy atom. The summed E-state index contributed by atoms with van der Waals surface area (Å²) in [5, 5.41) is 7.94. The second kappa shape index (κ2) is 8.26. The number of aromatic nitrogens is 3. The van der Waals surface area contributed by atoms with Crippen molar-refractivity contribution in [2.75, 3.05) is 18.6 Å². The van der Waals surface area contributed by atoms with Crippen LogP contribution in [0.15, 0.2) is 36.8 Å². The summed E-state index contributed by atoms with van der Waals surface area (Å²) in [4.78, 5) is 16.6. The Morgan fingerprint density at radius 2 is 2.08 bits per heavy atom. The number of carbonyl (C=O) groups is 1. The molecular formula is C17H16Cl2N4O2S. The fraction of sp³-hybridized carbons (Fsp3) is 0.235. The van der Waals surface area contributed by atoms with Gasteiger partial charge in [0.15, 0.2) is 5.65 Å². The molecule has 1 atom stereocenters. The first-order chi connectivity index (χ1) is 12.4. The molecule has 0 aliphatic rings. The average molecular weight is 411 g/mol. The van der Waals surface area contributed by atoms with Gasteiger partial charge in [0.1, 0.15) is 11.3 Å². The minimum atomic E-state index is -0.951. The van der Waals surface area contributed by atoms with Gasteiger partial charge in [0.05, 0.1) is 29.0 Å². The molecule has 0 aliphatic heterocycles. The van der Waals surface area contributed by atoms with Crippen LogP contribution in [0.25, 0.3) is 5.65 Å². The summed E-state index contributed by atoms with van der Waals surface area (Å²) in [6.45, 7) is 0.342. The zero-order valence-electron chi connectivity index (χ0n) is 13.9. The number of hydrogen-bond acceptors (Lipinski definition) is 4. The first kappa shape index (κ1) is 19.0. The predicted octanol–water partition coefficient (Wildman–Crippen LogP) is 2.74. The van der Waals surface area contributed by atoms with Crippen molar-refractivity contribution in [3.63, 3.8) is 0 Å². The Morgan fingerprint density at radius 3 is 2.81 bits per heavy atom. The van der Waals surface area contributed by atoms with E-state index in [0.717, 1.165) is 11.1 Å². The number of amides is 1. The molecule has 3 rings (SSSR count). The van der Waals surface area contributed by atoms with Crippen LogP contribution in [0.1, 0.15) is 21.5 Å². The van der Waals surface area contributed by atoms with E-state index in [1.54, 1.807) is 23.0 Å². The SMILES string of the molecule is C[S+]([O-])CCNC(=O)c1cnn2cc(Cc3ccc(Cl)c(Cl)c3)cnc12. The summed E-state index contributed by atoms with van der Waals surface area (Å²) >= 11 is 11.0. The van der Waals surface area contributed by atoms with Crippen LogP contribution in [0.5, 0.6) is 0 Å². The number of nitrogens with one attached hydrogen (secondary N) is 1. The maximum absolute atomic E-state index is 12.2. The molecule has 0 spiro atoms. The van der Waals surface area contributed by atoms with Crippen molar-refractivity contribution in [2.45, 2.75) is 6.42 Å². The van der Waals surface area contributed by atoms with Gasteiger partial charge in [-0.1, -0.05) is 40.4 Å². The van der Waals surface area contributed by atoms with E-state index in [4.69, 9.17) is 23.2 Å². The average Bonchev–Trinajstić information content (AvgIpc) is 3.01. The third kappa shape index (κ3) is 4.48. The van der Waals surface area contributed by atoms with Gasteiger partial charge in [-0.15, -0.1) is 0 Å². The number of halogens is 2. The molecule has 3 aromatic rings.